The lowest BCUT2D eigenvalue weighted by molar-refractivity contribution is -0.137. The summed E-state index contributed by atoms with van der Waals surface area (Å²) < 4.78 is 0. The SMILES string of the molecule is NC1CCCC1C(=O)N(Cc1ccccc1)Cc1ccccc1. The van der Waals surface area contributed by atoms with Crippen molar-refractivity contribution < 1.29 is 4.79 Å². The van der Waals surface area contributed by atoms with Crippen LogP contribution >= 0.6 is 0 Å². The highest BCUT2D eigenvalue weighted by molar-refractivity contribution is 5.80. The first-order valence-corrected chi connectivity index (χ1v) is 8.36. The second kappa shape index (κ2) is 7.42. The van der Waals surface area contributed by atoms with Crippen molar-refractivity contribution in [2.24, 2.45) is 11.7 Å². The summed E-state index contributed by atoms with van der Waals surface area (Å²) in [5.74, 6) is 0.171. The van der Waals surface area contributed by atoms with E-state index < -0.39 is 0 Å². The van der Waals surface area contributed by atoms with Gasteiger partial charge < -0.3 is 10.6 Å². The van der Waals surface area contributed by atoms with Crippen LogP contribution in [-0.2, 0) is 17.9 Å². The second-order valence-corrected chi connectivity index (χ2v) is 6.37. The second-order valence-electron chi connectivity index (χ2n) is 6.37. The molecule has 0 heterocycles. The highest BCUT2D eigenvalue weighted by Crippen LogP contribution is 2.27. The molecular formula is C20H24N2O. The van der Waals surface area contributed by atoms with Crippen molar-refractivity contribution in [1.82, 2.24) is 4.90 Å². The molecule has 0 spiro atoms. The molecule has 0 bridgehead atoms. The van der Waals surface area contributed by atoms with Crippen LogP contribution in [0.5, 0.6) is 0 Å². The fraction of sp³-hybridized carbons (Fsp3) is 0.350. The average molecular weight is 308 g/mol. The Labute approximate surface area is 138 Å². The van der Waals surface area contributed by atoms with Gasteiger partial charge in [-0.1, -0.05) is 67.1 Å². The van der Waals surface area contributed by atoms with Gasteiger partial charge in [0.25, 0.3) is 0 Å². The van der Waals surface area contributed by atoms with Gasteiger partial charge in [-0.3, -0.25) is 4.79 Å². The summed E-state index contributed by atoms with van der Waals surface area (Å²) in [4.78, 5) is 15.0. The Bertz CT molecular complexity index is 585. The van der Waals surface area contributed by atoms with E-state index in [1.54, 1.807) is 0 Å². The number of hydrogen-bond donors (Lipinski definition) is 1. The normalized spacial score (nSPS) is 20.4. The molecule has 0 saturated heterocycles. The monoisotopic (exact) mass is 308 g/mol. The molecule has 0 radical (unpaired) electrons. The summed E-state index contributed by atoms with van der Waals surface area (Å²) in [5, 5.41) is 0. The molecule has 23 heavy (non-hydrogen) atoms. The minimum Gasteiger partial charge on any atom is -0.334 e. The van der Waals surface area contributed by atoms with Crippen LogP contribution in [0, 0.1) is 5.92 Å². The summed E-state index contributed by atoms with van der Waals surface area (Å²) in [5.41, 5.74) is 8.47. The summed E-state index contributed by atoms with van der Waals surface area (Å²) >= 11 is 0. The van der Waals surface area contributed by atoms with E-state index in [-0.39, 0.29) is 17.9 Å². The maximum atomic E-state index is 13.0. The number of nitrogens with two attached hydrogens (primary N) is 1. The Morgan fingerprint density at radius 3 is 1.87 bits per heavy atom. The molecule has 0 aliphatic heterocycles. The Kier molecular flexibility index (Phi) is 5.09. The van der Waals surface area contributed by atoms with Gasteiger partial charge in [-0.15, -0.1) is 0 Å². The van der Waals surface area contributed by atoms with Crippen molar-refractivity contribution in [3.05, 3.63) is 71.8 Å². The molecule has 2 aromatic rings. The van der Waals surface area contributed by atoms with Crippen LogP contribution < -0.4 is 5.73 Å². The first-order chi connectivity index (χ1) is 11.2. The number of nitrogens with zero attached hydrogens (tertiary/aromatic N) is 1. The number of carbonyl (C=O) groups is 1. The van der Waals surface area contributed by atoms with Crippen molar-refractivity contribution in [2.75, 3.05) is 0 Å². The molecule has 3 nitrogen and oxygen atoms in total. The molecule has 3 heteroatoms. The van der Waals surface area contributed by atoms with Gasteiger partial charge in [0.05, 0.1) is 5.92 Å². The Morgan fingerprint density at radius 2 is 1.43 bits per heavy atom. The lowest BCUT2D eigenvalue weighted by atomic mass is 10.0. The Balaban J connectivity index is 1.79. The molecule has 2 aromatic carbocycles. The number of benzene rings is 2. The van der Waals surface area contributed by atoms with Crippen LogP contribution in [-0.4, -0.2) is 16.8 Å². The maximum absolute atomic E-state index is 13.0. The smallest absolute Gasteiger partial charge is 0.227 e. The summed E-state index contributed by atoms with van der Waals surface area (Å²) in [6, 6.07) is 20.4. The van der Waals surface area contributed by atoms with Gasteiger partial charge >= 0.3 is 0 Å². The molecule has 1 aliphatic carbocycles. The van der Waals surface area contributed by atoms with Crippen molar-refractivity contribution in [3.63, 3.8) is 0 Å². The van der Waals surface area contributed by atoms with Gasteiger partial charge in [0.15, 0.2) is 0 Å². The Morgan fingerprint density at radius 1 is 0.913 bits per heavy atom. The molecule has 1 amide bonds. The number of hydrogen-bond acceptors (Lipinski definition) is 2. The number of rotatable bonds is 5. The lowest BCUT2D eigenvalue weighted by Crippen LogP contribution is -2.41. The molecule has 1 saturated carbocycles. The molecule has 1 fully saturated rings. The summed E-state index contributed by atoms with van der Waals surface area (Å²) in [6.45, 7) is 1.27. The third kappa shape index (κ3) is 3.99. The van der Waals surface area contributed by atoms with E-state index in [0.29, 0.717) is 13.1 Å². The third-order valence-electron chi connectivity index (χ3n) is 4.63. The predicted octanol–water partition coefficient (Wildman–Crippen LogP) is 3.34. The van der Waals surface area contributed by atoms with Gasteiger partial charge in [0.2, 0.25) is 5.91 Å². The van der Waals surface area contributed by atoms with Crippen LogP contribution in [0.2, 0.25) is 0 Å². The van der Waals surface area contributed by atoms with Crippen molar-refractivity contribution in [1.29, 1.82) is 0 Å². The largest absolute Gasteiger partial charge is 0.334 e. The quantitative estimate of drug-likeness (QED) is 0.921. The topological polar surface area (TPSA) is 46.3 Å². The van der Waals surface area contributed by atoms with E-state index in [9.17, 15) is 4.79 Å². The fourth-order valence-electron chi connectivity index (χ4n) is 3.35. The summed E-state index contributed by atoms with van der Waals surface area (Å²) in [6.07, 6.45) is 2.93. The van der Waals surface area contributed by atoms with Gasteiger partial charge in [-0.2, -0.15) is 0 Å². The van der Waals surface area contributed by atoms with Crippen LogP contribution in [0.25, 0.3) is 0 Å². The number of carbonyl (C=O) groups excluding carboxylic acids is 1. The van der Waals surface area contributed by atoms with Crippen LogP contribution in [0.3, 0.4) is 0 Å². The van der Waals surface area contributed by atoms with Crippen LogP contribution in [0.1, 0.15) is 30.4 Å². The zero-order valence-corrected chi connectivity index (χ0v) is 13.4. The Hall–Kier alpha value is -2.13. The minimum absolute atomic E-state index is 0.0107. The standard InChI is InChI=1S/C20H24N2O/c21-19-13-7-12-18(19)20(23)22(14-16-8-3-1-4-9-16)15-17-10-5-2-6-11-17/h1-6,8-11,18-19H,7,12-15,21H2. The van der Waals surface area contributed by atoms with Crippen LogP contribution in [0.4, 0.5) is 0 Å². The predicted molar refractivity (Wildman–Crippen MR) is 92.5 cm³/mol. The van der Waals surface area contributed by atoms with Gasteiger partial charge in [0, 0.05) is 19.1 Å². The lowest BCUT2D eigenvalue weighted by Gasteiger charge is -2.27. The van der Waals surface area contributed by atoms with Gasteiger partial charge in [-0.25, -0.2) is 0 Å². The molecule has 120 valence electrons. The highest BCUT2D eigenvalue weighted by Gasteiger charge is 2.33. The van der Waals surface area contributed by atoms with Crippen molar-refractivity contribution in [3.8, 4) is 0 Å². The third-order valence-corrected chi connectivity index (χ3v) is 4.63. The molecular weight excluding hydrogens is 284 g/mol. The maximum Gasteiger partial charge on any atom is 0.227 e. The molecule has 2 unspecified atom stereocenters. The van der Waals surface area contributed by atoms with Gasteiger partial charge in [0.1, 0.15) is 0 Å². The minimum atomic E-state index is -0.0255. The zero-order chi connectivity index (χ0) is 16.1. The molecule has 1 aliphatic rings. The van der Waals surface area contributed by atoms with E-state index in [2.05, 4.69) is 24.3 Å². The van der Waals surface area contributed by atoms with E-state index in [0.717, 1.165) is 30.4 Å². The fourth-order valence-corrected chi connectivity index (χ4v) is 3.35. The highest BCUT2D eigenvalue weighted by atomic mass is 16.2. The van der Waals surface area contributed by atoms with E-state index in [1.807, 2.05) is 41.3 Å². The molecule has 0 aromatic heterocycles. The van der Waals surface area contributed by atoms with E-state index in [1.165, 1.54) is 0 Å². The van der Waals surface area contributed by atoms with E-state index >= 15 is 0 Å². The summed E-state index contributed by atoms with van der Waals surface area (Å²) in [7, 11) is 0. The molecule has 2 atom stereocenters. The van der Waals surface area contributed by atoms with E-state index in [4.69, 9.17) is 5.73 Å². The molecule has 2 N–H and O–H groups in total. The van der Waals surface area contributed by atoms with Crippen molar-refractivity contribution in [2.45, 2.75) is 38.4 Å². The van der Waals surface area contributed by atoms with Crippen molar-refractivity contribution >= 4 is 5.91 Å². The van der Waals surface area contributed by atoms with Gasteiger partial charge in [-0.05, 0) is 24.0 Å². The first kappa shape index (κ1) is 15.8. The molecule has 3 rings (SSSR count). The zero-order valence-electron chi connectivity index (χ0n) is 13.4. The van der Waals surface area contributed by atoms with Crippen LogP contribution in [0.15, 0.2) is 60.7 Å². The average Bonchev–Trinajstić information content (AvgIpc) is 3.01. The number of amides is 1. The first-order valence-electron chi connectivity index (χ1n) is 8.36.